The molecule has 1 aromatic heterocycles. The minimum atomic E-state index is -0.418. The number of aryl methyl sites for hydroxylation is 1. The monoisotopic (exact) mass is 399 g/mol. The van der Waals surface area contributed by atoms with Crippen LogP contribution in [0.5, 0.6) is 0 Å². The van der Waals surface area contributed by atoms with Crippen molar-refractivity contribution in [1.82, 2.24) is 20.9 Å². The number of rotatable bonds is 7. The largest absolute Gasteiger partial charge is 0.357 e. The first-order chi connectivity index (χ1) is 14.0. The molecule has 2 aromatic rings. The lowest BCUT2D eigenvalue weighted by molar-refractivity contribution is 0.0953. The van der Waals surface area contributed by atoms with Crippen LogP contribution in [-0.2, 0) is 6.54 Å². The first kappa shape index (κ1) is 20.6. The summed E-state index contributed by atoms with van der Waals surface area (Å²) in [6, 6.07) is 7.93. The molecule has 1 aliphatic heterocycles. The van der Waals surface area contributed by atoms with Crippen LogP contribution in [0.1, 0.15) is 34.3 Å². The average Bonchev–Trinajstić information content (AvgIpc) is 3.27. The van der Waals surface area contributed by atoms with E-state index in [-0.39, 0.29) is 30.6 Å². The summed E-state index contributed by atoms with van der Waals surface area (Å²) in [7, 11) is 0. The van der Waals surface area contributed by atoms with Crippen LogP contribution in [0.25, 0.3) is 0 Å². The van der Waals surface area contributed by atoms with Gasteiger partial charge in [-0.1, -0.05) is 12.1 Å². The van der Waals surface area contributed by atoms with E-state index >= 15 is 0 Å². The van der Waals surface area contributed by atoms with E-state index in [0.29, 0.717) is 12.1 Å². The Hall–Kier alpha value is -3.16. The Kier molecular flexibility index (Phi) is 6.99. The van der Waals surface area contributed by atoms with Gasteiger partial charge in [0.05, 0.1) is 0 Å². The molecular formula is C21H26FN5O2. The SMILES string of the molecule is Cc1ccc(C(=O)NCCNC(=O)NCc2ccc(N3CCCC3)nc2)cc1F. The van der Waals surface area contributed by atoms with Gasteiger partial charge >= 0.3 is 6.03 Å². The van der Waals surface area contributed by atoms with E-state index in [1.54, 1.807) is 25.3 Å². The number of carbonyl (C=O) groups is 2. The van der Waals surface area contributed by atoms with Crippen molar-refractivity contribution in [2.75, 3.05) is 31.1 Å². The molecular weight excluding hydrogens is 373 g/mol. The summed E-state index contributed by atoms with van der Waals surface area (Å²) < 4.78 is 13.5. The molecule has 7 nitrogen and oxygen atoms in total. The number of anilines is 1. The maximum atomic E-state index is 13.5. The number of benzene rings is 1. The Morgan fingerprint density at radius 2 is 1.83 bits per heavy atom. The molecule has 3 rings (SSSR count). The molecule has 0 aliphatic carbocycles. The van der Waals surface area contributed by atoms with Crippen LogP contribution in [0.4, 0.5) is 15.0 Å². The van der Waals surface area contributed by atoms with Crippen LogP contribution in [0.3, 0.4) is 0 Å². The summed E-state index contributed by atoms with van der Waals surface area (Å²) >= 11 is 0. The number of halogens is 1. The second kappa shape index (κ2) is 9.86. The minimum Gasteiger partial charge on any atom is -0.357 e. The average molecular weight is 399 g/mol. The Morgan fingerprint density at radius 1 is 1.07 bits per heavy atom. The second-order valence-corrected chi connectivity index (χ2v) is 7.05. The van der Waals surface area contributed by atoms with Crippen molar-refractivity contribution in [2.24, 2.45) is 0 Å². The quantitative estimate of drug-likeness (QED) is 0.624. The van der Waals surface area contributed by atoms with Crippen molar-refractivity contribution in [3.05, 3.63) is 59.0 Å². The highest BCUT2D eigenvalue weighted by Gasteiger charge is 2.13. The number of aromatic nitrogens is 1. The number of pyridine rings is 1. The number of hydrogen-bond acceptors (Lipinski definition) is 4. The van der Waals surface area contributed by atoms with E-state index in [9.17, 15) is 14.0 Å². The Labute approximate surface area is 169 Å². The van der Waals surface area contributed by atoms with Crippen LogP contribution in [0.2, 0.25) is 0 Å². The number of nitrogens with one attached hydrogen (secondary N) is 3. The predicted octanol–water partition coefficient (Wildman–Crippen LogP) is 2.36. The van der Waals surface area contributed by atoms with E-state index in [0.717, 1.165) is 24.5 Å². The van der Waals surface area contributed by atoms with Crippen molar-refractivity contribution < 1.29 is 14.0 Å². The van der Waals surface area contributed by atoms with E-state index < -0.39 is 5.82 Å². The smallest absolute Gasteiger partial charge is 0.315 e. The molecule has 3 amide bonds. The summed E-state index contributed by atoms with van der Waals surface area (Å²) in [6.45, 7) is 4.60. The highest BCUT2D eigenvalue weighted by atomic mass is 19.1. The van der Waals surface area contributed by atoms with Gasteiger partial charge < -0.3 is 20.9 Å². The fourth-order valence-electron chi connectivity index (χ4n) is 3.09. The van der Waals surface area contributed by atoms with Gasteiger partial charge in [0.25, 0.3) is 5.91 Å². The van der Waals surface area contributed by atoms with Crippen LogP contribution in [-0.4, -0.2) is 43.1 Å². The van der Waals surface area contributed by atoms with Gasteiger partial charge in [-0.2, -0.15) is 0 Å². The zero-order valence-corrected chi connectivity index (χ0v) is 16.5. The van der Waals surface area contributed by atoms with Crippen molar-refractivity contribution >= 4 is 17.8 Å². The van der Waals surface area contributed by atoms with Gasteiger partial charge in [0.2, 0.25) is 0 Å². The summed E-state index contributed by atoms with van der Waals surface area (Å²) in [6.07, 6.45) is 4.18. The van der Waals surface area contributed by atoms with Gasteiger partial charge in [0.1, 0.15) is 11.6 Å². The van der Waals surface area contributed by atoms with Crippen molar-refractivity contribution in [3.8, 4) is 0 Å². The van der Waals surface area contributed by atoms with Gasteiger partial charge in [-0.05, 0) is 49.1 Å². The molecule has 0 radical (unpaired) electrons. The first-order valence-electron chi connectivity index (χ1n) is 9.79. The summed E-state index contributed by atoms with van der Waals surface area (Å²) in [5.41, 5.74) is 1.65. The first-order valence-corrected chi connectivity index (χ1v) is 9.79. The van der Waals surface area contributed by atoms with Gasteiger partial charge in [0.15, 0.2) is 0 Å². The lowest BCUT2D eigenvalue weighted by atomic mass is 10.1. The molecule has 0 atom stereocenters. The molecule has 1 aliphatic rings. The lowest BCUT2D eigenvalue weighted by Gasteiger charge is -2.16. The third-order valence-electron chi connectivity index (χ3n) is 4.82. The van der Waals surface area contributed by atoms with Crippen LogP contribution in [0.15, 0.2) is 36.5 Å². The third kappa shape index (κ3) is 5.91. The molecule has 1 saturated heterocycles. The molecule has 2 heterocycles. The maximum Gasteiger partial charge on any atom is 0.315 e. The molecule has 0 bridgehead atoms. The summed E-state index contributed by atoms with van der Waals surface area (Å²) in [5.74, 6) is 0.174. The molecule has 154 valence electrons. The van der Waals surface area contributed by atoms with Crippen LogP contribution in [0, 0.1) is 12.7 Å². The standard InChI is InChI=1S/C21H26FN5O2/c1-15-4-6-17(12-18(15)22)20(28)23-8-9-24-21(29)26-14-16-5-7-19(25-13-16)27-10-2-3-11-27/h4-7,12-13H,2-3,8-11,14H2,1H3,(H,23,28)(H2,24,26,29). The maximum absolute atomic E-state index is 13.5. The van der Waals surface area contributed by atoms with Gasteiger partial charge in [-0.15, -0.1) is 0 Å². The van der Waals surface area contributed by atoms with Crippen molar-refractivity contribution in [3.63, 3.8) is 0 Å². The van der Waals surface area contributed by atoms with E-state index in [1.165, 1.54) is 18.9 Å². The van der Waals surface area contributed by atoms with Gasteiger partial charge in [-0.3, -0.25) is 4.79 Å². The highest BCUT2D eigenvalue weighted by molar-refractivity contribution is 5.94. The molecule has 29 heavy (non-hydrogen) atoms. The lowest BCUT2D eigenvalue weighted by Crippen LogP contribution is -2.40. The normalized spacial score (nSPS) is 13.2. The van der Waals surface area contributed by atoms with Crippen LogP contribution >= 0.6 is 0 Å². The predicted molar refractivity (Wildman–Crippen MR) is 109 cm³/mol. The van der Waals surface area contributed by atoms with E-state index in [1.807, 2.05) is 12.1 Å². The van der Waals surface area contributed by atoms with E-state index in [4.69, 9.17) is 0 Å². The second-order valence-electron chi connectivity index (χ2n) is 7.05. The minimum absolute atomic E-state index is 0.244. The molecule has 0 spiro atoms. The Morgan fingerprint density at radius 3 is 2.52 bits per heavy atom. The zero-order valence-electron chi connectivity index (χ0n) is 16.5. The molecule has 3 N–H and O–H groups in total. The number of urea groups is 1. The number of amides is 3. The molecule has 0 saturated carbocycles. The molecule has 0 unspecified atom stereocenters. The zero-order chi connectivity index (χ0) is 20.6. The number of carbonyl (C=O) groups excluding carboxylic acids is 2. The Bertz CT molecular complexity index is 851. The van der Waals surface area contributed by atoms with Gasteiger partial charge in [-0.25, -0.2) is 14.2 Å². The van der Waals surface area contributed by atoms with Gasteiger partial charge in [0, 0.05) is 44.5 Å². The summed E-state index contributed by atoms with van der Waals surface area (Å²) in [4.78, 5) is 30.6. The van der Waals surface area contributed by atoms with Crippen molar-refractivity contribution in [1.29, 1.82) is 0 Å². The van der Waals surface area contributed by atoms with Crippen LogP contribution < -0.4 is 20.9 Å². The summed E-state index contributed by atoms with van der Waals surface area (Å²) in [5, 5.41) is 8.07. The van der Waals surface area contributed by atoms with E-state index in [2.05, 4.69) is 25.8 Å². The number of hydrogen-bond donors (Lipinski definition) is 3. The molecule has 1 fully saturated rings. The molecule has 1 aromatic carbocycles. The third-order valence-corrected chi connectivity index (χ3v) is 4.82. The number of nitrogens with zero attached hydrogens (tertiary/aromatic N) is 2. The topological polar surface area (TPSA) is 86.4 Å². The molecule has 8 heteroatoms. The fraction of sp³-hybridized carbons (Fsp3) is 0.381. The van der Waals surface area contributed by atoms with Crippen molar-refractivity contribution in [2.45, 2.75) is 26.3 Å². The highest BCUT2D eigenvalue weighted by Crippen LogP contribution is 2.17. The Balaban J connectivity index is 1.33. The fourth-order valence-corrected chi connectivity index (χ4v) is 3.09.